The van der Waals surface area contributed by atoms with Crippen LogP contribution in [-0.2, 0) is 0 Å². The second kappa shape index (κ2) is 8.64. The molecule has 0 amide bonds. The maximum absolute atomic E-state index is 13.6. The molecule has 0 atom stereocenters. The Morgan fingerprint density at radius 1 is 0.607 bits per heavy atom. The first kappa shape index (κ1) is 19.5. The monoisotopic (exact) mass is 363 g/mol. The van der Waals surface area contributed by atoms with Gasteiger partial charge in [-0.05, 0) is 74.9 Å². The van der Waals surface area contributed by atoms with Gasteiger partial charge in [0.25, 0.3) is 0 Å². The number of benzene rings is 3. The van der Waals surface area contributed by atoms with Gasteiger partial charge < -0.3 is 0 Å². The van der Waals surface area contributed by atoms with Crippen molar-refractivity contribution in [2.45, 2.75) is 27.6 Å². The topological polar surface area (TPSA) is 0 Å². The molecule has 0 nitrogen and oxygen atoms in total. The summed E-state index contributed by atoms with van der Waals surface area (Å²) in [5.41, 5.74) is 7.89. The van der Waals surface area contributed by atoms with E-state index in [2.05, 4.69) is 63.8 Å². The maximum atomic E-state index is 13.6. The van der Waals surface area contributed by atoms with Gasteiger partial charge in [0.05, 0.1) is 0 Å². The van der Waals surface area contributed by atoms with Crippen molar-refractivity contribution in [3.8, 4) is 23.7 Å². The van der Waals surface area contributed by atoms with E-state index in [0.717, 1.165) is 16.7 Å². The third-order valence-electron chi connectivity index (χ3n) is 4.64. The molecule has 2 heteroatoms. The summed E-state index contributed by atoms with van der Waals surface area (Å²) in [7, 11) is 2.13. The van der Waals surface area contributed by atoms with Crippen LogP contribution in [0.5, 0.6) is 0 Å². The van der Waals surface area contributed by atoms with Crippen LogP contribution in [0.3, 0.4) is 0 Å². The average Bonchev–Trinajstić information content (AvgIpc) is 2.68. The number of aryl methyl sites for hydroxylation is 3. The van der Waals surface area contributed by atoms with Crippen molar-refractivity contribution < 1.29 is 4.39 Å². The molecule has 0 aliphatic heterocycles. The Bertz CT molecular complexity index is 1110. The first-order valence-electron chi connectivity index (χ1n) is 9.27. The van der Waals surface area contributed by atoms with Crippen LogP contribution in [0.4, 0.5) is 4.39 Å². The standard InChI is InChI=1S/C26H21BF/c1-18-5-6-23(17-25(18)28)13-11-21-7-9-22(10-8-21)12-14-24-15-19(2)26(27-4)20(3)16-24/h5-10,15-17H,1-4H3. The van der Waals surface area contributed by atoms with E-state index in [0.29, 0.717) is 11.1 Å². The van der Waals surface area contributed by atoms with E-state index in [9.17, 15) is 4.39 Å². The Kier molecular flexibility index (Phi) is 6.03. The Morgan fingerprint density at radius 2 is 1.07 bits per heavy atom. The van der Waals surface area contributed by atoms with Crippen molar-refractivity contribution in [1.29, 1.82) is 0 Å². The number of rotatable bonds is 1. The van der Waals surface area contributed by atoms with Gasteiger partial charge >= 0.3 is 0 Å². The van der Waals surface area contributed by atoms with Crippen LogP contribution in [0.15, 0.2) is 54.6 Å². The van der Waals surface area contributed by atoms with Crippen LogP contribution in [0, 0.1) is 50.3 Å². The summed E-state index contributed by atoms with van der Waals surface area (Å²) in [5.74, 6) is 12.3. The van der Waals surface area contributed by atoms with Gasteiger partial charge in [-0.3, -0.25) is 0 Å². The Hall–Kier alpha value is -3.23. The van der Waals surface area contributed by atoms with E-state index in [-0.39, 0.29) is 5.82 Å². The second-order valence-electron chi connectivity index (χ2n) is 6.85. The lowest BCUT2D eigenvalue weighted by molar-refractivity contribution is 0.618. The molecule has 0 fully saturated rings. The van der Waals surface area contributed by atoms with E-state index >= 15 is 0 Å². The zero-order chi connectivity index (χ0) is 20.1. The molecule has 0 saturated carbocycles. The van der Waals surface area contributed by atoms with Crippen LogP contribution in [-0.4, -0.2) is 7.28 Å². The van der Waals surface area contributed by atoms with Crippen LogP contribution >= 0.6 is 0 Å². The summed E-state index contributed by atoms with van der Waals surface area (Å²) in [5, 5.41) is 0. The molecule has 3 aromatic carbocycles. The largest absolute Gasteiger partial charge is 0.207 e. The van der Waals surface area contributed by atoms with Crippen molar-refractivity contribution in [2.75, 3.05) is 0 Å². The summed E-state index contributed by atoms with van der Waals surface area (Å²) in [6.07, 6.45) is 0. The molecule has 0 aromatic heterocycles. The Balaban J connectivity index is 1.77. The van der Waals surface area contributed by atoms with Gasteiger partial charge in [-0.15, -0.1) is 0 Å². The van der Waals surface area contributed by atoms with Crippen molar-refractivity contribution in [2.24, 2.45) is 0 Å². The number of hydrogen-bond donors (Lipinski definition) is 0. The lowest BCUT2D eigenvalue weighted by atomic mass is 9.68. The van der Waals surface area contributed by atoms with Crippen molar-refractivity contribution in [1.82, 2.24) is 0 Å². The first-order chi connectivity index (χ1) is 13.5. The molecule has 0 saturated heterocycles. The fraction of sp³-hybridized carbons (Fsp3) is 0.154. The highest BCUT2D eigenvalue weighted by Crippen LogP contribution is 2.09. The smallest absolute Gasteiger partial charge is 0.148 e. The van der Waals surface area contributed by atoms with Crippen molar-refractivity contribution >= 4 is 12.7 Å². The summed E-state index contributed by atoms with van der Waals surface area (Å²) in [6.45, 7) is 8.02. The normalized spacial score (nSPS) is 9.75. The lowest BCUT2D eigenvalue weighted by Crippen LogP contribution is -2.18. The highest BCUT2D eigenvalue weighted by atomic mass is 19.1. The van der Waals surface area contributed by atoms with Gasteiger partial charge in [-0.2, -0.15) is 0 Å². The van der Waals surface area contributed by atoms with Crippen LogP contribution < -0.4 is 5.46 Å². The van der Waals surface area contributed by atoms with E-state index < -0.39 is 0 Å². The van der Waals surface area contributed by atoms with Crippen molar-refractivity contribution in [3.63, 3.8) is 0 Å². The third kappa shape index (κ3) is 4.73. The molecule has 135 valence electrons. The molecule has 0 aliphatic rings. The van der Waals surface area contributed by atoms with Crippen LogP contribution in [0.25, 0.3) is 0 Å². The molecule has 0 heterocycles. The summed E-state index contributed by atoms with van der Waals surface area (Å²) >= 11 is 0. The zero-order valence-electron chi connectivity index (χ0n) is 16.7. The molecule has 3 aromatic rings. The van der Waals surface area contributed by atoms with E-state index in [1.165, 1.54) is 22.7 Å². The minimum atomic E-state index is -0.229. The van der Waals surface area contributed by atoms with E-state index in [1.807, 2.05) is 30.3 Å². The molecule has 1 radical (unpaired) electrons. The number of halogens is 1. The minimum Gasteiger partial charge on any atom is -0.207 e. The molecule has 0 aliphatic carbocycles. The predicted octanol–water partition coefficient (Wildman–Crippen LogP) is 4.93. The molecule has 28 heavy (non-hydrogen) atoms. The molecule has 3 rings (SSSR count). The predicted molar refractivity (Wildman–Crippen MR) is 117 cm³/mol. The van der Waals surface area contributed by atoms with E-state index in [1.54, 1.807) is 13.0 Å². The maximum Gasteiger partial charge on any atom is 0.148 e. The van der Waals surface area contributed by atoms with E-state index in [4.69, 9.17) is 0 Å². The third-order valence-corrected chi connectivity index (χ3v) is 4.64. The summed E-state index contributed by atoms with van der Waals surface area (Å²) in [6, 6.07) is 17.1. The van der Waals surface area contributed by atoms with Gasteiger partial charge in [-0.25, -0.2) is 4.39 Å². The molecule has 0 spiro atoms. The van der Waals surface area contributed by atoms with Gasteiger partial charge in [-0.1, -0.05) is 53.2 Å². The summed E-state index contributed by atoms with van der Waals surface area (Å²) in [4.78, 5) is 0. The Morgan fingerprint density at radius 3 is 1.57 bits per heavy atom. The van der Waals surface area contributed by atoms with Crippen LogP contribution in [0.2, 0.25) is 6.82 Å². The average molecular weight is 363 g/mol. The zero-order valence-corrected chi connectivity index (χ0v) is 16.7. The molecule has 0 unspecified atom stereocenters. The lowest BCUT2D eigenvalue weighted by Gasteiger charge is -2.07. The number of hydrogen-bond acceptors (Lipinski definition) is 0. The fourth-order valence-electron chi connectivity index (χ4n) is 3.10. The minimum absolute atomic E-state index is 0.229. The molecular formula is C26H21BF. The van der Waals surface area contributed by atoms with Gasteiger partial charge in [0.1, 0.15) is 13.1 Å². The van der Waals surface area contributed by atoms with Crippen molar-refractivity contribution in [3.05, 3.63) is 99.4 Å². The Labute approximate surface area is 168 Å². The fourth-order valence-corrected chi connectivity index (χ4v) is 3.10. The molecule has 0 N–H and O–H groups in total. The summed E-state index contributed by atoms with van der Waals surface area (Å²) < 4.78 is 13.6. The highest BCUT2D eigenvalue weighted by molar-refractivity contribution is 6.53. The van der Waals surface area contributed by atoms with Crippen LogP contribution in [0.1, 0.15) is 38.9 Å². The second-order valence-corrected chi connectivity index (χ2v) is 6.85. The van der Waals surface area contributed by atoms with Gasteiger partial charge in [0.2, 0.25) is 0 Å². The quantitative estimate of drug-likeness (QED) is 0.425. The molecular weight excluding hydrogens is 342 g/mol. The highest BCUT2D eigenvalue weighted by Gasteiger charge is 2.02. The molecule has 0 bridgehead atoms. The van der Waals surface area contributed by atoms with Gasteiger partial charge in [0.15, 0.2) is 0 Å². The first-order valence-corrected chi connectivity index (χ1v) is 9.27. The van der Waals surface area contributed by atoms with Gasteiger partial charge in [0, 0.05) is 22.3 Å². The SMILES string of the molecule is C[B]c1c(C)cc(C#Cc2ccc(C#Cc3ccc(C)c(F)c3)cc2)cc1C.